The van der Waals surface area contributed by atoms with Crippen LogP contribution >= 0.6 is 0 Å². The van der Waals surface area contributed by atoms with Crippen LogP contribution in [0.3, 0.4) is 0 Å². The lowest BCUT2D eigenvalue weighted by atomic mass is 10.0. The van der Waals surface area contributed by atoms with Crippen molar-refractivity contribution in [1.82, 2.24) is 0 Å². The minimum Gasteiger partial charge on any atom is -0.206 e. The Labute approximate surface area is 87.0 Å². The maximum absolute atomic E-state index is 13.1. The van der Waals surface area contributed by atoms with E-state index in [4.69, 9.17) is 0 Å². The molecule has 0 aromatic heterocycles. The van der Waals surface area contributed by atoms with Gasteiger partial charge in [0, 0.05) is 6.07 Å². The maximum atomic E-state index is 13.1. The average molecular weight is 194 g/mol. The Morgan fingerprint density at radius 2 is 1.73 bits per heavy atom. The highest BCUT2D eigenvalue weighted by Gasteiger charge is 2.00. The van der Waals surface area contributed by atoms with Crippen molar-refractivity contribution < 1.29 is 4.39 Å². The molecule has 15 heavy (non-hydrogen) atoms. The second kappa shape index (κ2) is 3.06. The van der Waals surface area contributed by atoms with Crippen molar-refractivity contribution in [1.29, 1.82) is 0 Å². The van der Waals surface area contributed by atoms with Crippen molar-refractivity contribution in [2.75, 3.05) is 0 Å². The number of halogens is 1. The second-order valence-corrected chi connectivity index (χ2v) is 3.50. The van der Waals surface area contributed by atoms with Crippen molar-refractivity contribution in [3.8, 4) is 0 Å². The Morgan fingerprint density at radius 3 is 2.60 bits per heavy atom. The summed E-state index contributed by atoms with van der Waals surface area (Å²) in [5.41, 5.74) is 0. The Morgan fingerprint density at radius 1 is 0.933 bits per heavy atom. The summed E-state index contributed by atoms with van der Waals surface area (Å²) < 4.78 is 13.1. The van der Waals surface area contributed by atoms with Gasteiger partial charge in [-0.25, -0.2) is 4.39 Å². The first-order valence-electron chi connectivity index (χ1n) is 4.74. The first-order chi connectivity index (χ1) is 7.34. The minimum absolute atomic E-state index is 0.317. The molecule has 0 aliphatic heterocycles. The van der Waals surface area contributed by atoms with Crippen LogP contribution in [0.5, 0.6) is 0 Å². The smallest absolute Gasteiger partial charge is 0.131 e. The van der Waals surface area contributed by atoms with Gasteiger partial charge < -0.3 is 0 Å². The molecule has 70 valence electrons. The molecule has 0 unspecified atom stereocenters. The monoisotopic (exact) mass is 194 g/mol. The zero-order valence-electron chi connectivity index (χ0n) is 7.92. The lowest BCUT2D eigenvalue weighted by Crippen LogP contribution is -1.79. The topological polar surface area (TPSA) is 0 Å². The lowest BCUT2D eigenvalue weighted by Gasteiger charge is -2.02. The van der Waals surface area contributed by atoms with E-state index >= 15 is 0 Å². The van der Waals surface area contributed by atoms with E-state index in [0.29, 0.717) is 0 Å². The van der Waals surface area contributed by atoms with Crippen molar-refractivity contribution >= 4 is 21.5 Å². The number of hydrogen-bond donors (Lipinski definition) is 0. The lowest BCUT2D eigenvalue weighted by molar-refractivity contribution is 0.627. The molecule has 0 aliphatic carbocycles. The van der Waals surface area contributed by atoms with E-state index in [2.05, 4.69) is 12.1 Å². The predicted molar refractivity (Wildman–Crippen MR) is 59.1 cm³/mol. The van der Waals surface area contributed by atoms with Gasteiger partial charge in [0.2, 0.25) is 0 Å². The van der Waals surface area contributed by atoms with Gasteiger partial charge in [-0.3, -0.25) is 0 Å². The minimum atomic E-state index is -0.317. The largest absolute Gasteiger partial charge is 0.206 e. The third-order valence-electron chi connectivity index (χ3n) is 2.58. The molecule has 1 heteroatoms. The van der Waals surface area contributed by atoms with Gasteiger partial charge in [0.05, 0.1) is 0 Å². The first kappa shape index (κ1) is 8.42. The van der Waals surface area contributed by atoms with Crippen LogP contribution in [-0.2, 0) is 0 Å². The van der Waals surface area contributed by atoms with Gasteiger partial charge in [-0.05, 0) is 45.8 Å². The molecule has 2 radical (unpaired) electrons. The zero-order chi connectivity index (χ0) is 10.3. The summed E-state index contributed by atoms with van der Waals surface area (Å²) in [5.74, 6) is -0.317. The van der Waals surface area contributed by atoms with Gasteiger partial charge in [0.25, 0.3) is 0 Å². The molecule has 0 heterocycles. The Balaban J connectivity index is 2.57. The second-order valence-electron chi connectivity index (χ2n) is 3.50. The Kier molecular flexibility index (Phi) is 1.72. The third kappa shape index (κ3) is 1.28. The van der Waals surface area contributed by atoms with Crippen LogP contribution in [0, 0.1) is 17.9 Å². The standard InChI is InChI=1S/C14H7F/c15-12-8-7-11-6-5-10-3-1-2-4-13(10)14(11)9-12/h2-7,9H. The van der Waals surface area contributed by atoms with Gasteiger partial charge in [-0.15, -0.1) is 0 Å². The molecule has 0 atom stereocenters. The van der Waals surface area contributed by atoms with Crippen molar-refractivity contribution in [3.63, 3.8) is 0 Å². The first-order valence-corrected chi connectivity index (χ1v) is 4.74. The molecule has 0 aliphatic rings. The summed E-state index contributed by atoms with van der Waals surface area (Å²) in [7, 11) is 0. The van der Waals surface area contributed by atoms with Crippen molar-refractivity contribution in [2.24, 2.45) is 0 Å². The number of benzene rings is 3. The molecule has 0 saturated heterocycles. The SMILES string of the molecule is Fc1[c]cc2ccc3c[c]ccc3c2c1. The summed E-state index contributed by atoms with van der Waals surface area (Å²) in [6, 6.07) is 18.5. The summed E-state index contributed by atoms with van der Waals surface area (Å²) in [6.07, 6.45) is 0. The summed E-state index contributed by atoms with van der Waals surface area (Å²) in [4.78, 5) is 0. The fourth-order valence-corrected chi connectivity index (χ4v) is 1.85. The maximum Gasteiger partial charge on any atom is 0.131 e. The van der Waals surface area contributed by atoms with Crippen LogP contribution < -0.4 is 0 Å². The molecule has 0 saturated carbocycles. The van der Waals surface area contributed by atoms with E-state index in [-0.39, 0.29) is 5.82 Å². The highest BCUT2D eigenvalue weighted by atomic mass is 19.1. The fraction of sp³-hybridized carbons (Fsp3) is 0. The molecule has 0 nitrogen and oxygen atoms in total. The van der Waals surface area contributed by atoms with Crippen LogP contribution in [-0.4, -0.2) is 0 Å². The molecule has 0 amide bonds. The molecule has 0 N–H and O–H groups in total. The summed E-state index contributed by atoms with van der Waals surface area (Å²) >= 11 is 0. The zero-order valence-corrected chi connectivity index (χ0v) is 7.92. The summed E-state index contributed by atoms with van der Waals surface area (Å²) in [5, 5.41) is 4.07. The van der Waals surface area contributed by atoms with Gasteiger partial charge in [0.15, 0.2) is 0 Å². The van der Waals surface area contributed by atoms with Gasteiger partial charge in [-0.1, -0.05) is 24.3 Å². The van der Waals surface area contributed by atoms with Gasteiger partial charge >= 0.3 is 0 Å². The van der Waals surface area contributed by atoms with Crippen LogP contribution in [0.4, 0.5) is 4.39 Å². The van der Waals surface area contributed by atoms with E-state index < -0.39 is 0 Å². The third-order valence-corrected chi connectivity index (χ3v) is 2.58. The number of rotatable bonds is 0. The van der Waals surface area contributed by atoms with Crippen LogP contribution in [0.15, 0.2) is 42.5 Å². The molecule has 3 rings (SSSR count). The van der Waals surface area contributed by atoms with Crippen molar-refractivity contribution in [2.45, 2.75) is 0 Å². The molecule has 3 aromatic rings. The number of fused-ring (bicyclic) bond motifs is 3. The quantitative estimate of drug-likeness (QED) is 0.478. The molecular weight excluding hydrogens is 187 g/mol. The fourth-order valence-electron chi connectivity index (χ4n) is 1.85. The van der Waals surface area contributed by atoms with Crippen LogP contribution in [0.1, 0.15) is 0 Å². The number of hydrogen-bond acceptors (Lipinski definition) is 0. The highest BCUT2D eigenvalue weighted by Crippen LogP contribution is 2.25. The Bertz CT molecular complexity index is 641. The average Bonchev–Trinajstić information content (AvgIpc) is 2.29. The van der Waals surface area contributed by atoms with E-state index in [1.54, 1.807) is 6.07 Å². The molecule has 3 aromatic carbocycles. The van der Waals surface area contributed by atoms with E-state index in [1.807, 2.05) is 30.3 Å². The van der Waals surface area contributed by atoms with Crippen molar-refractivity contribution in [3.05, 3.63) is 60.4 Å². The van der Waals surface area contributed by atoms with E-state index in [0.717, 1.165) is 21.5 Å². The van der Waals surface area contributed by atoms with Gasteiger partial charge in [0.1, 0.15) is 5.82 Å². The Hall–Kier alpha value is -1.89. The predicted octanol–water partition coefficient (Wildman–Crippen LogP) is 3.73. The van der Waals surface area contributed by atoms with E-state index in [9.17, 15) is 4.39 Å². The van der Waals surface area contributed by atoms with Crippen LogP contribution in [0.2, 0.25) is 0 Å². The highest BCUT2D eigenvalue weighted by molar-refractivity contribution is 6.07. The normalized spacial score (nSPS) is 11.0. The molecule has 0 spiro atoms. The molecule has 0 bridgehead atoms. The van der Waals surface area contributed by atoms with E-state index in [1.165, 1.54) is 6.07 Å². The van der Waals surface area contributed by atoms with Gasteiger partial charge in [-0.2, -0.15) is 0 Å². The summed E-state index contributed by atoms with van der Waals surface area (Å²) in [6.45, 7) is 0. The molecular formula is C14H7F. The molecule has 0 fully saturated rings. The van der Waals surface area contributed by atoms with Crippen LogP contribution in [0.25, 0.3) is 21.5 Å².